The Labute approximate surface area is 128 Å². The van der Waals surface area contributed by atoms with E-state index in [9.17, 15) is 9.59 Å². The molecule has 1 N–H and O–H groups in total. The molecule has 4 nitrogen and oxygen atoms in total. The Balaban J connectivity index is 2.42. The predicted octanol–water partition coefficient (Wildman–Crippen LogP) is 3.58. The monoisotopic (exact) mass is 305 g/mol. The van der Waals surface area contributed by atoms with Crippen LogP contribution in [0.2, 0.25) is 5.02 Å². The lowest BCUT2D eigenvalue weighted by atomic mass is 10.1. The lowest BCUT2D eigenvalue weighted by Crippen LogP contribution is -2.16. The molecule has 2 rings (SSSR count). The Morgan fingerprint density at radius 2 is 1.81 bits per heavy atom. The van der Waals surface area contributed by atoms with Crippen LogP contribution in [0.4, 0.5) is 0 Å². The van der Waals surface area contributed by atoms with Gasteiger partial charge in [-0.25, -0.2) is 0 Å². The average Bonchev–Trinajstić information content (AvgIpc) is 2.89. The first-order chi connectivity index (χ1) is 9.95. The number of ketones is 1. The zero-order valence-electron chi connectivity index (χ0n) is 11.8. The molecule has 110 valence electrons. The highest BCUT2D eigenvalue weighted by Crippen LogP contribution is 2.22. The van der Waals surface area contributed by atoms with Crippen LogP contribution in [0, 0.1) is 0 Å². The Morgan fingerprint density at radius 3 is 2.33 bits per heavy atom. The van der Waals surface area contributed by atoms with Crippen molar-refractivity contribution in [2.24, 2.45) is 0 Å². The van der Waals surface area contributed by atoms with Crippen molar-refractivity contribution >= 4 is 23.4 Å². The number of aromatic nitrogens is 1. The van der Waals surface area contributed by atoms with Crippen LogP contribution >= 0.6 is 11.6 Å². The third kappa shape index (κ3) is 3.00. The highest BCUT2D eigenvalue weighted by atomic mass is 35.5. The lowest BCUT2D eigenvalue weighted by Gasteiger charge is -2.13. The van der Waals surface area contributed by atoms with Crippen LogP contribution in [-0.4, -0.2) is 21.4 Å². The minimum absolute atomic E-state index is 0.141. The molecule has 0 saturated carbocycles. The first-order valence-corrected chi connectivity index (χ1v) is 7.06. The SMILES string of the molecule is CCn1c(C(=O)c2ccc(Cl)cc2)ccc1C(C)C(=O)O. The van der Waals surface area contributed by atoms with Crippen LogP contribution in [0.25, 0.3) is 0 Å². The fourth-order valence-electron chi connectivity index (χ4n) is 2.29. The molecule has 1 heterocycles. The maximum Gasteiger partial charge on any atom is 0.312 e. The molecular formula is C16H16ClNO3. The Hall–Kier alpha value is -2.07. The highest BCUT2D eigenvalue weighted by Gasteiger charge is 2.22. The lowest BCUT2D eigenvalue weighted by molar-refractivity contribution is -0.138. The molecular weight excluding hydrogens is 290 g/mol. The summed E-state index contributed by atoms with van der Waals surface area (Å²) in [6, 6.07) is 10.0. The quantitative estimate of drug-likeness (QED) is 0.859. The second-order valence-electron chi connectivity index (χ2n) is 4.78. The van der Waals surface area contributed by atoms with Crippen LogP contribution in [0.1, 0.15) is 41.5 Å². The minimum atomic E-state index is -0.909. The van der Waals surface area contributed by atoms with Crippen LogP contribution in [-0.2, 0) is 11.3 Å². The molecule has 1 atom stereocenters. The zero-order chi connectivity index (χ0) is 15.6. The summed E-state index contributed by atoms with van der Waals surface area (Å²) >= 11 is 5.82. The molecule has 21 heavy (non-hydrogen) atoms. The summed E-state index contributed by atoms with van der Waals surface area (Å²) in [5, 5.41) is 9.71. The van der Waals surface area contributed by atoms with E-state index in [2.05, 4.69) is 0 Å². The number of carboxylic acid groups (broad SMARTS) is 1. The van der Waals surface area contributed by atoms with E-state index >= 15 is 0 Å². The number of carbonyl (C=O) groups excluding carboxylic acids is 1. The van der Waals surface area contributed by atoms with Crippen molar-refractivity contribution in [2.75, 3.05) is 0 Å². The number of carbonyl (C=O) groups is 2. The molecule has 0 bridgehead atoms. The van der Waals surface area contributed by atoms with Gasteiger partial charge in [-0.3, -0.25) is 9.59 Å². The second kappa shape index (κ2) is 6.14. The van der Waals surface area contributed by atoms with Gasteiger partial charge in [0.15, 0.2) is 0 Å². The topological polar surface area (TPSA) is 59.3 Å². The average molecular weight is 306 g/mol. The first-order valence-electron chi connectivity index (χ1n) is 6.68. The Kier molecular flexibility index (Phi) is 4.48. The van der Waals surface area contributed by atoms with E-state index in [1.54, 1.807) is 47.9 Å². The summed E-state index contributed by atoms with van der Waals surface area (Å²) in [7, 11) is 0. The molecule has 0 aliphatic rings. The van der Waals surface area contributed by atoms with Crippen molar-refractivity contribution in [3.05, 3.63) is 58.4 Å². The summed E-state index contributed by atoms with van der Waals surface area (Å²) in [6.07, 6.45) is 0. The number of carboxylic acids is 1. The molecule has 0 spiro atoms. The normalized spacial score (nSPS) is 12.1. The van der Waals surface area contributed by atoms with Crippen molar-refractivity contribution in [3.8, 4) is 0 Å². The zero-order valence-corrected chi connectivity index (χ0v) is 12.6. The van der Waals surface area contributed by atoms with E-state index in [-0.39, 0.29) is 5.78 Å². The van der Waals surface area contributed by atoms with Crippen molar-refractivity contribution in [2.45, 2.75) is 26.3 Å². The van der Waals surface area contributed by atoms with E-state index in [0.717, 1.165) is 0 Å². The van der Waals surface area contributed by atoms with Crippen LogP contribution < -0.4 is 0 Å². The van der Waals surface area contributed by atoms with E-state index in [0.29, 0.717) is 28.5 Å². The van der Waals surface area contributed by atoms with Crippen molar-refractivity contribution in [1.82, 2.24) is 4.57 Å². The van der Waals surface area contributed by atoms with Gasteiger partial charge >= 0.3 is 5.97 Å². The standard InChI is InChI=1S/C16H16ClNO3/c1-3-18-13(10(2)16(20)21)8-9-14(18)15(19)11-4-6-12(17)7-5-11/h4-10H,3H2,1-2H3,(H,20,21). The predicted molar refractivity (Wildman–Crippen MR) is 81.0 cm³/mol. The summed E-state index contributed by atoms with van der Waals surface area (Å²) in [5.74, 6) is -1.71. The Morgan fingerprint density at radius 1 is 1.19 bits per heavy atom. The summed E-state index contributed by atoms with van der Waals surface area (Å²) < 4.78 is 1.75. The van der Waals surface area contributed by atoms with Crippen molar-refractivity contribution < 1.29 is 14.7 Å². The van der Waals surface area contributed by atoms with E-state index < -0.39 is 11.9 Å². The molecule has 0 amide bonds. The summed E-state index contributed by atoms with van der Waals surface area (Å²) in [5.41, 5.74) is 1.65. The number of hydrogen-bond acceptors (Lipinski definition) is 2. The number of rotatable bonds is 5. The van der Waals surface area contributed by atoms with Crippen LogP contribution in [0.15, 0.2) is 36.4 Å². The smallest absolute Gasteiger partial charge is 0.312 e. The Bertz CT molecular complexity index is 673. The van der Waals surface area contributed by atoms with E-state index in [1.165, 1.54) is 0 Å². The van der Waals surface area contributed by atoms with E-state index in [4.69, 9.17) is 16.7 Å². The van der Waals surface area contributed by atoms with Gasteiger partial charge < -0.3 is 9.67 Å². The van der Waals surface area contributed by atoms with Gasteiger partial charge in [0.1, 0.15) is 0 Å². The van der Waals surface area contributed by atoms with Crippen LogP contribution in [0.5, 0.6) is 0 Å². The second-order valence-corrected chi connectivity index (χ2v) is 5.22. The fourth-order valence-corrected chi connectivity index (χ4v) is 2.41. The summed E-state index contributed by atoms with van der Waals surface area (Å²) in [6.45, 7) is 4.03. The van der Waals surface area contributed by atoms with Gasteiger partial charge in [0.05, 0.1) is 11.6 Å². The fraction of sp³-hybridized carbons (Fsp3) is 0.250. The number of halogens is 1. The van der Waals surface area contributed by atoms with Gasteiger partial charge in [0.2, 0.25) is 5.78 Å². The molecule has 0 aliphatic heterocycles. The van der Waals surface area contributed by atoms with Gasteiger partial charge in [-0.15, -0.1) is 0 Å². The van der Waals surface area contributed by atoms with Crippen LogP contribution in [0.3, 0.4) is 0 Å². The maximum atomic E-state index is 12.5. The van der Waals surface area contributed by atoms with Crippen molar-refractivity contribution in [3.63, 3.8) is 0 Å². The third-order valence-corrected chi connectivity index (χ3v) is 3.74. The molecule has 0 radical (unpaired) electrons. The number of benzene rings is 1. The third-order valence-electron chi connectivity index (χ3n) is 3.48. The first kappa shape index (κ1) is 15.3. The van der Waals surface area contributed by atoms with Gasteiger partial charge in [-0.05, 0) is 50.2 Å². The largest absolute Gasteiger partial charge is 0.481 e. The van der Waals surface area contributed by atoms with Crippen molar-refractivity contribution in [1.29, 1.82) is 0 Å². The molecule has 0 aliphatic carbocycles. The van der Waals surface area contributed by atoms with E-state index in [1.807, 2.05) is 6.92 Å². The molecule has 5 heteroatoms. The molecule has 1 aromatic heterocycles. The van der Waals surface area contributed by atoms with Gasteiger partial charge in [0, 0.05) is 22.8 Å². The van der Waals surface area contributed by atoms with Gasteiger partial charge in [-0.2, -0.15) is 0 Å². The highest BCUT2D eigenvalue weighted by molar-refractivity contribution is 6.30. The van der Waals surface area contributed by atoms with Gasteiger partial charge in [-0.1, -0.05) is 11.6 Å². The molecule has 1 aromatic carbocycles. The summed E-state index contributed by atoms with van der Waals surface area (Å²) in [4.78, 5) is 23.7. The molecule has 0 saturated heterocycles. The number of nitrogens with zero attached hydrogens (tertiary/aromatic N) is 1. The van der Waals surface area contributed by atoms with Gasteiger partial charge in [0.25, 0.3) is 0 Å². The maximum absolute atomic E-state index is 12.5. The minimum Gasteiger partial charge on any atom is -0.481 e. The molecule has 2 aromatic rings. The number of hydrogen-bond donors (Lipinski definition) is 1. The molecule has 1 unspecified atom stereocenters. The molecule has 0 fully saturated rings. The number of aliphatic carboxylic acids is 1.